The fraction of sp³-hybridized carbons (Fsp3) is 0.643. The summed E-state index contributed by atoms with van der Waals surface area (Å²) in [5.74, 6) is 1.41. The molecule has 0 saturated heterocycles. The van der Waals surface area contributed by atoms with Crippen molar-refractivity contribution in [2.24, 2.45) is 5.92 Å². The Bertz CT molecular complexity index is 347. The molecule has 3 heteroatoms. The van der Waals surface area contributed by atoms with Gasteiger partial charge in [-0.3, -0.25) is 4.90 Å². The van der Waals surface area contributed by atoms with Gasteiger partial charge in [0.15, 0.2) is 0 Å². The Balaban J connectivity index is 1.95. The molecule has 17 heavy (non-hydrogen) atoms. The van der Waals surface area contributed by atoms with Gasteiger partial charge in [-0.2, -0.15) is 0 Å². The standard InChI is InChI=1S/C14H23N3/c1-11-5-3-4-6-13(11)17(2)10-12-7-8-14(15)16-9-12/h7-9,11,13H,3-6,10H2,1-2H3,(H2,15,16). The van der Waals surface area contributed by atoms with Crippen LogP contribution in [0.4, 0.5) is 5.82 Å². The summed E-state index contributed by atoms with van der Waals surface area (Å²) in [7, 11) is 2.23. The lowest BCUT2D eigenvalue weighted by Gasteiger charge is -2.36. The quantitative estimate of drug-likeness (QED) is 0.872. The Morgan fingerprint density at radius 1 is 1.35 bits per heavy atom. The molecular formula is C14H23N3. The second-order valence-electron chi connectivity index (χ2n) is 5.34. The van der Waals surface area contributed by atoms with E-state index in [0.29, 0.717) is 5.82 Å². The summed E-state index contributed by atoms with van der Waals surface area (Å²) < 4.78 is 0. The summed E-state index contributed by atoms with van der Waals surface area (Å²) in [5.41, 5.74) is 6.85. The summed E-state index contributed by atoms with van der Waals surface area (Å²) in [5, 5.41) is 0. The molecule has 2 rings (SSSR count). The first kappa shape index (κ1) is 12.4. The van der Waals surface area contributed by atoms with Crippen LogP contribution in [0.3, 0.4) is 0 Å². The van der Waals surface area contributed by atoms with Crippen molar-refractivity contribution >= 4 is 5.82 Å². The summed E-state index contributed by atoms with van der Waals surface area (Å²) in [6.07, 6.45) is 7.36. The number of rotatable bonds is 3. The third-order valence-corrected chi connectivity index (χ3v) is 3.91. The number of hydrogen-bond acceptors (Lipinski definition) is 3. The Morgan fingerprint density at radius 2 is 2.12 bits per heavy atom. The van der Waals surface area contributed by atoms with Gasteiger partial charge in [0.2, 0.25) is 0 Å². The van der Waals surface area contributed by atoms with E-state index in [4.69, 9.17) is 5.73 Å². The average Bonchev–Trinajstić information content (AvgIpc) is 2.32. The van der Waals surface area contributed by atoms with E-state index in [9.17, 15) is 0 Å². The predicted molar refractivity (Wildman–Crippen MR) is 71.5 cm³/mol. The van der Waals surface area contributed by atoms with Crippen LogP contribution in [0.2, 0.25) is 0 Å². The van der Waals surface area contributed by atoms with E-state index in [1.54, 1.807) is 0 Å². The van der Waals surface area contributed by atoms with Gasteiger partial charge in [0.1, 0.15) is 5.82 Å². The molecule has 0 bridgehead atoms. The van der Waals surface area contributed by atoms with Gasteiger partial charge < -0.3 is 5.73 Å². The number of anilines is 1. The highest BCUT2D eigenvalue weighted by atomic mass is 15.1. The van der Waals surface area contributed by atoms with Crippen molar-refractivity contribution in [2.45, 2.75) is 45.2 Å². The highest BCUT2D eigenvalue weighted by molar-refractivity contribution is 5.29. The number of hydrogen-bond donors (Lipinski definition) is 1. The molecule has 0 radical (unpaired) electrons. The zero-order valence-electron chi connectivity index (χ0n) is 10.9. The van der Waals surface area contributed by atoms with Crippen molar-refractivity contribution in [3.63, 3.8) is 0 Å². The van der Waals surface area contributed by atoms with Crippen LogP contribution in [-0.2, 0) is 6.54 Å². The van der Waals surface area contributed by atoms with Crippen LogP contribution < -0.4 is 5.73 Å². The molecule has 94 valence electrons. The van der Waals surface area contributed by atoms with Crippen LogP contribution in [0, 0.1) is 5.92 Å². The fourth-order valence-corrected chi connectivity index (χ4v) is 2.89. The van der Waals surface area contributed by atoms with Gasteiger partial charge in [-0.05, 0) is 37.4 Å². The van der Waals surface area contributed by atoms with Gasteiger partial charge in [0.05, 0.1) is 0 Å². The van der Waals surface area contributed by atoms with E-state index in [0.717, 1.165) is 18.5 Å². The highest BCUT2D eigenvalue weighted by Gasteiger charge is 2.24. The van der Waals surface area contributed by atoms with Gasteiger partial charge >= 0.3 is 0 Å². The highest BCUT2D eigenvalue weighted by Crippen LogP contribution is 2.28. The maximum atomic E-state index is 5.60. The number of aromatic nitrogens is 1. The molecular weight excluding hydrogens is 210 g/mol. The van der Waals surface area contributed by atoms with Crippen molar-refractivity contribution in [2.75, 3.05) is 12.8 Å². The monoisotopic (exact) mass is 233 g/mol. The van der Waals surface area contributed by atoms with Gasteiger partial charge in [-0.15, -0.1) is 0 Å². The Labute approximate surface area is 104 Å². The molecule has 2 unspecified atom stereocenters. The van der Waals surface area contributed by atoms with Crippen molar-refractivity contribution in [3.8, 4) is 0 Å². The van der Waals surface area contributed by atoms with Crippen molar-refractivity contribution in [1.82, 2.24) is 9.88 Å². The normalized spacial score (nSPS) is 25.1. The second kappa shape index (κ2) is 5.50. The van der Waals surface area contributed by atoms with Gasteiger partial charge in [-0.25, -0.2) is 4.98 Å². The van der Waals surface area contributed by atoms with E-state index >= 15 is 0 Å². The smallest absolute Gasteiger partial charge is 0.123 e. The molecule has 0 spiro atoms. The number of pyridine rings is 1. The molecule has 0 aliphatic heterocycles. The van der Waals surface area contributed by atoms with Crippen LogP contribution in [0.25, 0.3) is 0 Å². The lowest BCUT2D eigenvalue weighted by Crippen LogP contribution is -2.38. The van der Waals surface area contributed by atoms with E-state index in [2.05, 4.69) is 29.9 Å². The molecule has 1 saturated carbocycles. The van der Waals surface area contributed by atoms with Crippen LogP contribution in [0.15, 0.2) is 18.3 Å². The maximum Gasteiger partial charge on any atom is 0.123 e. The molecule has 1 aliphatic rings. The zero-order chi connectivity index (χ0) is 12.3. The Hall–Kier alpha value is -1.09. The average molecular weight is 233 g/mol. The molecule has 0 amide bonds. The Kier molecular flexibility index (Phi) is 4.00. The third kappa shape index (κ3) is 3.19. The van der Waals surface area contributed by atoms with Crippen molar-refractivity contribution in [1.29, 1.82) is 0 Å². The third-order valence-electron chi connectivity index (χ3n) is 3.91. The summed E-state index contributed by atoms with van der Waals surface area (Å²) in [6, 6.07) is 4.68. The van der Waals surface area contributed by atoms with Crippen LogP contribution in [-0.4, -0.2) is 23.0 Å². The van der Waals surface area contributed by atoms with E-state index in [1.165, 1.54) is 31.2 Å². The molecule has 1 fully saturated rings. The molecule has 1 aliphatic carbocycles. The fourth-order valence-electron chi connectivity index (χ4n) is 2.89. The van der Waals surface area contributed by atoms with Crippen molar-refractivity contribution in [3.05, 3.63) is 23.9 Å². The van der Waals surface area contributed by atoms with Crippen LogP contribution in [0.5, 0.6) is 0 Å². The maximum absolute atomic E-state index is 5.60. The van der Waals surface area contributed by atoms with E-state index in [1.807, 2.05) is 12.3 Å². The summed E-state index contributed by atoms with van der Waals surface area (Å²) in [4.78, 5) is 6.62. The largest absolute Gasteiger partial charge is 0.384 e. The van der Waals surface area contributed by atoms with E-state index < -0.39 is 0 Å². The SMILES string of the molecule is CC1CCCCC1N(C)Cc1ccc(N)nc1. The van der Waals surface area contributed by atoms with Gasteiger partial charge in [-0.1, -0.05) is 25.8 Å². The number of nitrogen functional groups attached to an aromatic ring is 1. The molecule has 0 aromatic carbocycles. The number of nitrogens with zero attached hydrogens (tertiary/aromatic N) is 2. The molecule has 2 atom stereocenters. The Morgan fingerprint density at radius 3 is 2.76 bits per heavy atom. The zero-order valence-corrected chi connectivity index (χ0v) is 10.9. The first-order valence-corrected chi connectivity index (χ1v) is 6.57. The number of nitrogens with two attached hydrogens (primary N) is 1. The minimum Gasteiger partial charge on any atom is -0.384 e. The topological polar surface area (TPSA) is 42.1 Å². The molecule has 1 aromatic heterocycles. The van der Waals surface area contributed by atoms with Gasteiger partial charge in [0.25, 0.3) is 0 Å². The second-order valence-corrected chi connectivity index (χ2v) is 5.34. The lowest BCUT2D eigenvalue weighted by molar-refractivity contribution is 0.133. The van der Waals surface area contributed by atoms with Crippen LogP contribution in [0.1, 0.15) is 38.2 Å². The minimum absolute atomic E-state index is 0.599. The van der Waals surface area contributed by atoms with Crippen molar-refractivity contribution < 1.29 is 0 Å². The molecule has 2 N–H and O–H groups in total. The predicted octanol–water partition coefficient (Wildman–Crippen LogP) is 2.67. The summed E-state index contributed by atoms with van der Waals surface area (Å²) >= 11 is 0. The lowest BCUT2D eigenvalue weighted by atomic mass is 9.85. The summed E-state index contributed by atoms with van der Waals surface area (Å²) in [6.45, 7) is 3.35. The molecule has 3 nitrogen and oxygen atoms in total. The molecule has 1 aromatic rings. The van der Waals surface area contributed by atoms with Crippen LogP contribution >= 0.6 is 0 Å². The van der Waals surface area contributed by atoms with E-state index in [-0.39, 0.29) is 0 Å². The molecule has 1 heterocycles. The first-order valence-electron chi connectivity index (χ1n) is 6.57. The van der Waals surface area contributed by atoms with Gasteiger partial charge in [0, 0.05) is 18.8 Å². The minimum atomic E-state index is 0.599. The first-order chi connectivity index (χ1) is 8.16.